The van der Waals surface area contributed by atoms with E-state index < -0.39 is 0 Å². The van der Waals surface area contributed by atoms with Gasteiger partial charge in [0.15, 0.2) is 11.5 Å². The number of thiophene rings is 1. The third-order valence-electron chi connectivity index (χ3n) is 4.37. The fourth-order valence-corrected chi connectivity index (χ4v) is 4.16. The van der Waals surface area contributed by atoms with Crippen LogP contribution in [0.1, 0.15) is 11.3 Å². The average molecular weight is 332 g/mol. The molecule has 2 heterocycles. The highest BCUT2D eigenvalue weighted by Crippen LogP contribution is 2.33. The largest absolute Gasteiger partial charge is 0.493 e. The highest BCUT2D eigenvalue weighted by Gasteiger charge is 2.26. The summed E-state index contributed by atoms with van der Waals surface area (Å²) < 4.78 is 10.7. The molecule has 23 heavy (non-hydrogen) atoms. The number of benzene rings is 1. The summed E-state index contributed by atoms with van der Waals surface area (Å²) in [7, 11) is 3.33. The molecule has 3 rings (SSSR count). The highest BCUT2D eigenvalue weighted by atomic mass is 32.1. The van der Waals surface area contributed by atoms with E-state index in [1.807, 2.05) is 23.5 Å². The molecule has 1 fully saturated rings. The lowest BCUT2D eigenvalue weighted by atomic mass is 9.91. The quantitative estimate of drug-likeness (QED) is 0.914. The van der Waals surface area contributed by atoms with Crippen LogP contribution in [-0.2, 0) is 6.42 Å². The topological polar surface area (TPSA) is 47.7 Å². The van der Waals surface area contributed by atoms with Gasteiger partial charge in [-0.25, -0.2) is 0 Å². The van der Waals surface area contributed by atoms with Crippen LogP contribution in [0, 0.1) is 5.92 Å². The predicted molar refractivity (Wildman–Crippen MR) is 95.9 cm³/mol. The van der Waals surface area contributed by atoms with Crippen LogP contribution in [0.5, 0.6) is 11.5 Å². The highest BCUT2D eigenvalue weighted by molar-refractivity contribution is 7.09. The molecular formula is C18H24N2O2S. The van der Waals surface area contributed by atoms with Crippen molar-refractivity contribution >= 4 is 17.0 Å². The van der Waals surface area contributed by atoms with Gasteiger partial charge < -0.3 is 20.1 Å². The first kappa shape index (κ1) is 16.1. The number of piperidine rings is 1. The number of methoxy groups -OCH3 is 2. The molecule has 0 spiro atoms. The average Bonchev–Trinajstić information content (AvgIpc) is 3.06. The molecule has 0 amide bonds. The van der Waals surface area contributed by atoms with Crippen molar-refractivity contribution in [1.29, 1.82) is 0 Å². The molecule has 2 unspecified atom stereocenters. The van der Waals surface area contributed by atoms with Gasteiger partial charge in [0, 0.05) is 35.8 Å². The number of hydrogen-bond acceptors (Lipinski definition) is 5. The first-order valence-corrected chi connectivity index (χ1v) is 8.82. The van der Waals surface area contributed by atoms with E-state index in [0.29, 0.717) is 5.92 Å². The van der Waals surface area contributed by atoms with Crippen LogP contribution in [-0.4, -0.2) is 33.4 Å². The summed E-state index contributed by atoms with van der Waals surface area (Å²) in [5.74, 6) is 2.11. The van der Waals surface area contributed by atoms with Gasteiger partial charge in [0.2, 0.25) is 0 Å². The van der Waals surface area contributed by atoms with Crippen LogP contribution in [0.2, 0.25) is 0 Å². The minimum atomic E-state index is 0.210. The van der Waals surface area contributed by atoms with E-state index in [1.165, 1.54) is 4.88 Å². The van der Waals surface area contributed by atoms with Gasteiger partial charge >= 0.3 is 0 Å². The number of nitrogens with two attached hydrogens (primary N) is 1. The Morgan fingerprint density at radius 3 is 2.70 bits per heavy atom. The molecule has 1 aliphatic rings. The summed E-state index contributed by atoms with van der Waals surface area (Å²) >= 11 is 1.83. The molecule has 4 nitrogen and oxygen atoms in total. The first-order valence-electron chi connectivity index (χ1n) is 7.94. The number of ether oxygens (including phenoxy) is 2. The zero-order valence-electron chi connectivity index (χ0n) is 13.7. The number of rotatable bonds is 5. The Morgan fingerprint density at radius 1 is 1.17 bits per heavy atom. The minimum Gasteiger partial charge on any atom is -0.493 e. The molecular weight excluding hydrogens is 308 g/mol. The summed E-state index contributed by atoms with van der Waals surface area (Å²) in [5.41, 5.74) is 7.46. The molecule has 124 valence electrons. The third-order valence-corrected chi connectivity index (χ3v) is 5.27. The first-order chi connectivity index (χ1) is 11.2. The second kappa shape index (κ2) is 7.23. The molecule has 2 aromatic rings. The molecule has 2 N–H and O–H groups in total. The van der Waals surface area contributed by atoms with Crippen LogP contribution >= 0.6 is 11.3 Å². The lowest BCUT2D eigenvalue weighted by Crippen LogP contribution is -2.47. The van der Waals surface area contributed by atoms with E-state index in [1.54, 1.807) is 14.2 Å². The Morgan fingerprint density at radius 2 is 2.00 bits per heavy atom. The summed E-state index contributed by atoms with van der Waals surface area (Å²) in [6.07, 6.45) is 2.19. The lowest BCUT2D eigenvalue weighted by Gasteiger charge is -2.38. The predicted octanol–water partition coefficient (Wildman–Crippen LogP) is 3.16. The normalized spacial score (nSPS) is 21.3. The zero-order chi connectivity index (χ0) is 16.2. The Bertz CT molecular complexity index is 630. The van der Waals surface area contributed by atoms with Crippen LogP contribution in [0.25, 0.3) is 0 Å². The monoisotopic (exact) mass is 332 g/mol. The molecule has 0 bridgehead atoms. The van der Waals surface area contributed by atoms with Gasteiger partial charge in [0.1, 0.15) is 0 Å². The molecule has 5 heteroatoms. The summed E-state index contributed by atoms with van der Waals surface area (Å²) in [6, 6.07) is 10.6. The maximum absolute atomic E-state index is 6.31. The van der Waals surface area contributed by atoms with Crippen LogP contribution < -0.4 is 20.1 Å². The summed E-state index contributed by atoms with van der Waals surface area (Å²) in [6.45, 7) is 1.91. The number of nitrogens with zero attached hydrogens (tertiary/aromatic N) is 1. The number of hydrogen-bond donors (Lipinski definition) is 1. The van der Waals surface area contributed by atoms with Crippen molar-refractivity contribution in [2.24, 2.45) is 11.7 Å². The van der Waals surface area contributed by atoms with E-state index in [4.69, 9.17) is 15.2 Å². The Labute approximate surface area is 141 Å². The van der Waals surface area contributed by atoms with Crippen LogP contribution in [0.15, 0.2) is 35.7 Å². The van der Waals surface area contributed by atoms with Gasteiger partial charge in [-0.3, -0.25) is 0 Å². The van der Waals surface area contributed by atoms with E-state index in [0.717, 1.165) is 43.1 Å². The van der Waals surface area contributed by atoms with Crippen molar-refractivity contribution in [2.45, 2.75) is 18.9 Å². The second-order valence-electron chi connectivity index (χ2n) is 6.09. The third kappa shape index (κ3) is 3.79. The minimum absolute atomic E-state index is 0.210. The maximum atomic E-state index is 6.31. The van der Waals surface area contributed by atoms with Crippen molar-refractivity contribution in [3.63, 3.8) is 0 Å². The second-order valence-corrected chi connectivity index (χ2v) is 7.12. The van der Waals surface area contributed by atoms with Crippen LogP contribution in [0.3, 0.4) is 0 Å². The van der Waals surface area contributed by atoms with Gasteiger partial charge in [-0.1, -0.05) is 6.07 Å². The van der Waals surface area contributed by atoms with Crippen molar-refractivity contribution in [1.82, 2.24) is 0 Å². The van der Waals surface area contributed by atoms with Crippen LogP contribution in [0.4, 0.5) is 5.69 Å². The van der Waals surface area contributed by atoms with E-state index in [9.17, 15) is 0 Å². The molecule has 1 aromatic heterocycles. The SMILES string of the molecule is COc1ccc(N2CC(N)CC(Cc3cccs3)C2)cc1OC. The van der Waals surface area contributed by atoms with Gasteiger partial charge in [-0.15, -0.1) is 11.3 Å². The number of anilines is 1. The van der Waals surface area contributed by atoms with Crippen molar-refractivity contribution in [3.05, 3.63) is 40.6 Å². The van der Waals surface area contributed by atoms with Gasteiger partial charge in [-0.05, 0) is 42.3 Å². The zero-order valence-corrected chi connectivity index (χ0v) is 14.5. The molecule has 1 aliphatic heterocycles. The summed E-state index contributed by atoms with van der Waals surface area (Å²) in [4.78, 5) is 3.81. The Hall–Kier alpha value is -1.72. The molecule has 0 aliphatic carbocycles. The van der Waals surface area contributed by atoms with Crippen molar-refractivity contribution in [3.8, 4) is 11.5 Å². The molecule has 1 saturated heterocycles. The molecule has 0 saturated carbocycles. The van der Waals surface area contributed by atoms with E-state index in [-0.39, 0.29) is 6.04 Å². The lowest BCUT2D eigenvalue weighted by molar-refractivity contribution is 0.353. The smallest absolute Gasteiger partial charge is 0.162 e. The molecule has 1 aromatic carbocycles. The molecule has 0 radical (unpaired) electrons. The van der Waals surface area contributed by atoms with E-state index in [2.05, 4.69) is 28.5 Å². The maximum Gasteiger partial charge on any atom is 0.162 e. The summed E-state index contributed by atoms with van der Waals surface area (Å²) in [5, 5.41) is 2.14. The molecule has 2 atom stereocenters. The fourth-order valence-electron chi connectivity index (χ4n) is 3.34. The van der Waals surface area contributed by atoms with Gasteiger partial charge in [-0.2, -0.15) is 0 Å². The van der Waals surface area contributed by atoms with E-state index >= 15 is 0 Å². The standard InChI is InChI=1S/C18H24N2O2S/c1-21-17-6-5-15(10-18(17)22-2)20-11-13(8-14(19)12-20)9-16-4-3-7-23-16/h3-7,10,13-14H,8-9,11-12,19H2,1-2H3. The Kier molecular flexibility index (Phi) is 5.08. The van der Waals surface area contributed by atoms with Gasteiger partial charge in [0.25, 0.3) is 0 Å². The van der Waals surface area contributed by atoms with Crippen molar-refractivity contribution < 1.29 is 9.47 Å². The fraction of sp³-hybridized carbons (Fsp3) is 0.444. The Balaban J connectivity index is 1.76. The van der Waals surface area contributed by atoms with Crippen molar-refractivity contribution in [2.75, 3.05) is 32.2 Å². The van der Waals surface area contributed by atoms with Gasteiger partial charge in [0.05, 0.1) is 14.2 Å².